The maximum atomic E-state index is 13.1. The lowest BCUT2D eigenvalue weighted by Gasteiger charge is -1.94. The first-order valence-corrected chi connectivity index (χ1v) is 3.67. The molecule has 0 amide bonds. The van der Waals surface area contributed by atoms with E-state index in [0.717, 1.165) is 0 Å². The summed E-state index contributed by atoms with van der Waals surface area (Å²) < 4.78 is 17.7. The van der Waals surface area contributed by atoms with Gasteiger partial charge in [0.25, 0.3) is 0 Å². The van der Waals surface area contributed by atoms with Crippen LogP contribution in [0.15, 0.2) is 28.8 Å². The molecule has 0 unspecified atom stereocenters. The van der Waals surface area contributed by atoms with Gasteiger partial charge in [0.15, 0.2) is 0 Å². The lowest BCUT2D eigenvalue weighted by molar-refractivity contribution is 0.438. The van der Waals surface area contributed by atoms with E-state index in [1.54, 1.807) is 18.2 Å². The molecular formula is C9H6FN2O. The van der Waals surface area contributed by atoms with Crippen molar-refractivity contribution in [1.82, 2.24) is 5.16 Å². The van der Waals surface area contributed by atoms with Gasteiger partial charge in [0, 0.05) is 5.56 Å². The third kappa shape index (κ3) is 1.38. The molecule has 4 heteroatoms. The third-order valence-corrected chi connectivity index (χ3v) is 1.61. The molecule has 0 saturated heterocycles. The van der Waals surface area contributed by atoms with Crippen LogP contribution in [0.3, 0.4) is 0 Å². The maximum Gasteiger partial charge on any atom is 0.230 e. The van der Waals surface area contributed by atoms with Crippen molar-refractivity contribution in [2.75, 3.05) is 5.73 Å². The molecule has 1 aromatic carbocycles. The highest BCUT2D eigenvalue weighted by atomic mass is 19.1. The Morgan fingerprint density at radius 2 is 2.15 bits per heavy atom. The molecular weight excluding hydrogens is 171 g/mol. The molecule has 13 heavy (non-hydrogen) atoms. The summed E-state index contributed by atoms with van der Waals surface area (Å²) in [7, 11) is 0. The van der Waals surface area contributed by atoms with Crippen LogP contribution in [0, 0.1) is 11.9 Å². The van der Waals surface area contributed by atoms with Crippen molar-refractivity contribution in [2.24, 2.45) is 0 Å². The topological polar surface area (TPSA) is 52.0 Å². The number of halogens is 1. The van der Waals surface area contributed by atoms with E-state index in [0.29, 0.717) is 5.56 Å². The predicted octanol–water partition coefficient (Wildman–Crippen LogP) is 1.86. The van der Waals surface area contributed by atoms with E-state index in [4.69, 9.17) is 5.73 Å². The Morgan fingerprint density at radius 3 is 2.77 bits per heavy atom. The first kappa shape index (κ1) is 7.79. The number of aromatic nitrogens is 1. The molecule has 0 atom stereocenters. The summed E-state index contributed by atoms with van der Waals surface area (Å²) in [5.41, 5.74) is 5.88. The summed E-state index contributed by atoms with van der Waals surface area (Å²) >= 11 is 0. The molecule has 0 fully saturated rings. The summed E-state index contributed by atoms with van der Waals surface area (Å²) in [5.74, 6) is -0.315. The Bertz CT molecular complexity index is 425. The average molecular weight is 177 g/mol. The van der Waals surface area contributed by atoms with Gasteiger partial charge < -0.3 is 10.3 Å². The first-order chi connectivity index (χ1) is 6.27. The van der Waals surface area contributed by atoms with E-state index in [9.17, 15) is 4.39 Å². The Balaban J connectivity index is 2.52. The quantitative estimate of drug-likeness (QED) is 0.723. The molecule has 2 aromatic rings. The zero-order valence-corrected chi connectivity index (χ0v) is 6.62. The van der Waals surface area contributed by atoms with Crippen LogP contribution in [-0.4, -0.2) is 5.16 Å². The number of rotatable bonds is 1. The zero-order chi connectivity index (χ0) is 9.26. The van der Waals surface area contributed by atoms with Gasteiger partial charge in [-0.05, 0) is 12.1 Å². The Hall–Kier alpha value is -1.84. The fraction of sp³-hybridized carbons (Fsp3) is 0. The monoisotopic (exact) mass is 177 g/mol. The van der Waals surface area contributed by atoms with Gasteiger partial charge in [-0.25, -0.2) is 4.39 Å². The lowest BCUT2D eigenvalue weighted by atomic mass is 10.1. The van der Waals surface area contributed by atoms with Gasteiger partial charge in [0.2, 0.25) is 5.88 Å². The molecule has 0 aliphatic heterocycles. The van der Waals surface area contributed by atoms with E-state index in [2.05, 4.69) is 15.7 Å². The summed E-state index contributed by atoms with van der Waals surface area (Å²) in [4.78, 5) is 0. The van der Waals surface area contributed by atoms with E-state index in [-0.39, 0.29) is 17.4 Å². The lowest BCUT2D eigenvalue weighted by Crippen LogP contribution is -1.82. The highest BCUT2D eigenvalue weighted by Crippen LogP contribution is 2.21. The van der Waals surface area contributed by atoms with Crippen LogP contribution in [0.2, 0.25) is 0 Å². The molecule has 0 bridgehead atoms. The standard InChI is InChI=1S/C9H6FN2O/c10-7-4-2-1-3-6(7)8-5-9(11)13-12-8/h1-4H,11H2. The molecule has 0 saturated carbocycles. The van der Waals surface area contributed by atoms with Gasteiger partial charge in [0.1, 0.15) is 11.5 Å². The SMILES string of the molecule is Nc1[c]c(-c2ccccc2F)no1. The smallest absolute Gasteiger partial charge is 0.230 e. The highest BCUT2D eigenvalue weighted by molar-refractivity contribution is 5.60. The molecule has 1 radical (unpaired) electrons. The summed E-state index contributed by atoms with van der Waals surface area (Å²) in [5, 5.41) is 3.55. The number of nitrogen functional groups attached to an aromatic ring is 1. The van der Waals surface area contributed by atoms with Crippen LogP contribution in [0.5, 0.6) is 0 Å². The van der Waals surface area contributed by atoms with E-state index in [1.165, 1.54) is 6.07 Å². The van der Waals surface area contributed by atoms with Crippen molar-refractivity contribution in [3.05, 3.63) is 36.1 Å². The van der Waals surface area contributed by atoms with Crippen molar-refractivity contribution in [1.29, 1.82) is 0 Å². The normalized spacial score (nSPS) is 10.2. The predicted molar refractivity (Wildman–Crippen MR) is 45.1 cm³/mol. The van der Waals surface area contributed by atoms with E-state index >= 15 is 0 Å². The minimum absolute atomic E-state index is 0.0539. The van der Waals surface area contributed by atoms with Crippen LogP contribution in [0.25, 0.3) is 11.3 Å². The third-order valence-electron chi connectivity index (χ3n) is 1.61. The Labute approximate surface area is 74.0 Å². The van der Waals surface area contributed by atoms with Crippen molar-refractivity contribution >= 4 is 5.88 Å². The second-order valence-electron chi connectivity index (χ2n) is 2.50. The molecule has 1 heterocycles. The van der Waals surface area contributed by atoms with Gasteiger partial charge >= 0.3 is 0 Å². The molecule has 0 spiro atoms. The minimum atomic E-state index is -0.368. The fourth-order valence-electron chi connectivity index (χ4n) is 1.03. The van der Waals surface area contributed by atoms with Crippen LogP contribution in [0.4, 0.5) is 10.3 Å². The van der Waals surface area contributed by atoms with Crippen molar-refractivity contribution in [3.63, 3.8) is 0 Å². The van der Waals surface area contributed by atoms with Crippen LogP contribution < -0.4 is 5.73 Å². The van der Waals surface area contributed by atoms with Crippen LogP contribution in [-0.2, 0) is 0 Å². The number of anilines is 1. The van der Waals surface area contributed by atoms with Gasteiger partial charge in [-0.3, -0.25) is 0 Å². The van der Waals surface area contributed by atoms with Gasteiger partial charge in [-0.2, -0.15) is 0 Å². The second-order valence-corrected chi connectivity index (χ2v) is 2.50. The molecule has 1 aromatic heterocycles. The number of nitrogens with zero attached hydrogens (tertiary/aromatic N) is 1. The number of benzene rings is 1. The Kier molecular flexibility index (Phi) is 1.73. The van der Waals surface area contributed by atoms with Crippen LogP contribution in [0.1, 0.15) is 0 Å². The number of hydrogen-bond acceptors (Lipinski definition) is 3. The molecule has 2 rings (SSSR count). The summed E-state index contributed by atoms with van der Waals surface area (Å²) in [6.07, 6.45) is 0. The number of hydrogen-bond donors (Lipinski definition) is 1. The number of nitrogens with two attached hydrogens (primary N) is 1. The molecule has 65 valence electrons. The van der Waals surface area contributed by atoms with E-state index in [1.807, 2.05) is 0 Å². The first-order valence-electron chi connectivity index (χ1n) is 3.67. The highest BCUT2D eigenvalue weighted by Gasteiger charge is 2.08. The molecule has 3 nitrogen and oxygen atoms in total. The average Bonchev–Trinajstić information content (AvgIpc) is 2.53. The van der Waals surface area contributed by atoms with Crippen molar-refractivity contribution < 1.29 is 8.91 Å². The summed E-state index contributed by atoms with van der Waals surface area (Å²) in [6, 6.07) is 8.83. The van der Waals surface area contributed by atoms with E-state index < -0.39 is 0 Å². The van der Waals surface area contributed by atoms with Crippen molar-refractivity contribution in [2.45, 2.75) is 0 Å². The minimum Gasteiger partial charge on any atom is -0.367 e. The maximum absolute atomic E-state index is 13.1. The van der Waals surface area contributed by atoms with Gasteiger partial charge in [-0.15, -0.1) is 0 Å². The van der Waals surface area contributed by atoms with Crippen molar-refractivity contribution in [3.8, 4) is 11.3 Å². The molecule has 0 aliphatic carbocycles. The largest absolute Gasteiger partial charge is 0.367 e. The second kappa shape index (κ2) is 2.90. The zero-order valence-electron chi connectivity index (χ0n) is 6.62. The molecule has 0 aliphatic rings. The Morgan fingerprint density at radius 1 is 1.38 bits per heavy atom. The van der Waals surface area contributed by atoms with Crippen LogP contribution >= 0.6 is 0 Å². The fourth-order valence-corrected chi connectivity index (χ4v) is 1.03. The molecule has 2 N–H and O–H groups in total. The van der Waals surface area contributed by atoms with Gasteiger partial charge in [-0.1, -0.05) is 17.3 Å². The van der Waals surface area contributed by atoms with Gasteiger partial charge in [0.05, 0.1) is 6.07 Å². The summed E-state index contributed by atoms with van der Waals surface area (Å²) in [6.45, 7) is 0.